The Labute approximate surface area is 434 Å². The maximum absolute atomic E-state index is 14.3. The number of rotatable bonds is 24. The van der Waals surface area contributed by atoms with E-state index in [0.717, 1.165) is 27.8 Å². The van der Waals surface area contributed by atoms with E-state index in [4.69, 9.17) is 47.4 Å². The van der Waals surface area contributed by atoms with Gasteiger partial charge in [0.15, 0.2) is 29.8 Å². The molecule has 0 spiro atoms. The Hall–Kier alpha value is -6.80. The lowest BCUT2D eigenvalue weighted by atomic mass is 9.80. The first-order valence-corrected chi connectivity index (χ1v) is 25.8. The quantitative estimate of drug-likeness (QED) is 0.0319. The molecule has 16 nitrogen and oxygen atoms in total. The number of anilines is 1. The van der Waals surface area contributed by atoms with Crippen LogP contribution in [0.5, 0.6) is 17.2 Å². The Morgan fingerprint density at radius 3 is 1.96 bits per heavy atom. The molecule has 1 aliphatic heterocycles. The van der Waals surface area contributed by atoms with Crippen molar-refractivity contribution in [1.29, 1.82) is 5.26 Å². The number of carbonyl (C=O) groups excluding carboxylic acids is 1. The third kappa shape index (κ3) is 11.9. The molecule has 74 heavy (non-hydrogen) atoms. The molecule has 3 heterocycles. The first kappa shape index (κ1) is 53.5. The maximum Gasteiger partial charge on any atom is 0.266 e. The van der Waals surface area contributed by atoms with Gasteiger partial charge in [-0.3, -0.25) is 14.3 Å². The first-order chi connectivity index (χ1) is 36.0. The molecule has 0 bridgehead atoms. The van der Waals surface area contributed by atoms with E-state index >= 15 is 0 Å². The van der Waals surface area contributed by atoms with E-state index in [2.05, 4.69) is 43.4 Å². The Kier molecular flexibility index (Phi) is 18.0. The Morgan fingerprint density at radius 1 is 0.770 bits per heavy atom. The smallest absolute Gasteiger partial charge is 0.266 e. The summed E-state index contributed by atoms with van der Waals surface area (Å²) in [6, 6.07) is 45.1. The molecule has 1 aliphatic rings. The molecular weight excluding hydrogens is 958 g/mol. The highest BCUT2D eigenvalue weighted by Gasteiger charge is 2.51. The van der Waals surface area contributed by atoms with E-state index in [9.17, 15) is 10.1 Å². The van der Waals surface area contributed by atoms with E-state index in [1.165, 1.54) is 6.33 Å². The molecule has 386 valence electrons. The minimum Gasteiger partial charge on any atom is -0.497 e. The maximum atomic E-state index is 14.3. The van der Waals surface area contributed by atoms with E-state index in [0.29, 0.717) is 34.2 Å². The van der Waals surface area contributed by atoms with Crippen LogP contribution in [0.15, 0.2) is 146 Å². The number of carbonyl (C=O) groups is 1. The average molecular weight is 1020 g/mol. The summed E-state index contributed by atoms with van der Waals surface area (Å²) in [5, 5.41) is 9.60. The van der Waals surface area contributed by atoms with E-state index < -0.39 is 38.7 Å². The van der Waals surface area contributed by atoms with Crippen molar-refractivity contribution in [2.45, 2.75) is 89.8 Å². The van der Waals surface area contributed by atoms with Crippen molar-refractivity contribution >= 4 is 31.4 Å². The number of amides is 1. The second-order valence-electron chi connectivity index (χ2n) is 18.3. The lowest BCUT2D eigenvalue weighted by Crippen LogP contribution is -2.42. The van der Waals surface area contributed by atoms with Crippen LogP contribution in [0.1, 0.15) is 68.2 Å². The Morgan fingerprint density at radius 2 is 1.38 bits per heavy atom. The van der Waals surface area contributed by atoms with Crippen LogP contribution in [0.25, 0.3) is 11.2 Å². The van der Waals surface area contributed by atoms with E-state index in [1.807, 2.05) is 128 Å². The predicted molar refractivity (Wildman–Crippen MR) is 283 cm³/mol. The average Bonchev–Trinajstić information content (AvgIpc) is 4.02. The number of aromatic nitrogens is 4. The number of para-hydroxylation sites is 1. The summed E-state index contributed by atoms with van der Waals surface area (Å²) in [6.07, 6.45) is -0.135. The zero-order valence-electron chi connectivity index (χ0n) is 43.1. The SMILES string of the molecule is COc1ccc(C(OC[C@H]2O[C@@H](n3cnc4c(N(Cc5ccc(C)cc5)C(=O)COc5ccccc5)ncnc43)[C@@H](OC)C2OP(OCCC#N)N(C(C)C)C(C)C)(c2ccccc2)c2ccc(OC)cc2)cc1. The summed E-state index contributed by atoms with van der Waals surface area (Å²) in [4.78, 5) is 30.3. The van der Waals surface area contributed by atoms with Crippen LogP contribution in [0.4, 0.5) is 5.82 Å². The van der Waals surface area contributed by atoms with Crippen molar-refractivity contribution in [3.8, 4) is 23.3 Å². The van der Waals surface area contributed by atoms with Gasteiger partial charge in [-0.1, -0.05) is 103 Å². The topological polar surface area (TPSA) is 165 Å². The molecule has 8 rings (SSSR count). The fraction of sp³-hybridized carbons (Fsp3) is 0.351. The first-order valence-electron chi connectivity index (χ1n) is 24.6. The van der Waals surface area contributed by atoms with Gasteiger partial charge in [0, 0.05) is 19.2 Å². The number of nitriles is 1. The highest BCUT2D eigenvalue weighted by Crippen LogP contribution is 2.51. The zero-order valence-corrected chi connectivity index (χ0v) is 44.0. The summed E-state index contributed by atoms with van der Waals surface area (Å²) < 4.78 is 56.1. The van der Waals surface area contributed by atoms with Crippen molar-refractivity contribution < 1.29 is 42.3 Å². The number of aryl methyl sites for hydroxylation is 1. The van der Waals surface area contributed by atoms with Crippen molar-refractivity contribution in [2.75, 3.05) is 46.0 Å². The molecule has 0 N–H and O–H groups in total. The van der Waals surface area contributed by atoms with Crippen LogP contribution < -0.4 is 19.1 Å². The van der Waals surface area contributed by atoms with Gasteiger partial charge in [0.05, 0.1) is 52.8 Å². The third-order valence-corrected chi connectivity index (χ3v) is 14.9. The molecular formula is C57H64N7O9P. The summed E-state index contributed by atoms with van der Waals surface area (Å²) in [6.45, 7) is 10.4. The molecule has 5 atom stereocenters. The molecule has 0 saturated carbocycles. The van der Waals surface area contributed by atoms with Crippen LogP contribution in [0.2, 0.25) is 0 Å². The van der Waals surface area contributed by atoms with Crippen LogP contribution in [0, 0.1) is 18.3 Å². The van der Waals surface area contributed by atoms with Crippen LogP contribution in [-0.4, -0.2) is 102 Å². The van der Waals surface area contributed by atoms with Gasteiger partial charge < -0.3 is 37.5 Å². The van der Waals surface area contributed by atoms with Crippen LogP contribution >= 0.6 is 8.53 Å². The van der Waals surface area contributed by atoms with Crippen molar-refractivity contribution in [1.82, 2.24) is 24.2 Å². The van der Waals surface area contributed by atoms with Gasteiger partial charge in [0.2, 0.25) is 0 Å². The third-order valence-electron chi connectivity index (χ3n) is 12.8. The van der Waals surface area contributed by atoms with Gasteiger partial charge in [-0.25, -0.2) is 19.6 Å². The number of imidazole rings is 1. The summed E-state index contributed by atoms with van der Waals surface area (Å²) in [5.74, 6) is 1.90. The number of ether oxygens (including phenoxy) is 6. The molecule has 1 saturated heterocycles. The van der Waals surface area contributed by atoms with Gasteiger partial charge in [-0.2, -0.15) is 5.26 Å². The lowest BCUT2D eigenvalue weighted by Gasteiger charge is -2.39. The second-order valence-corrected chi connectivity index (χ2v) is 19.7. The fourth-order valence-electron chi connectivity index (χ4n) is 9.24. The standard InChI is InChI=1S/C57H64N7O9P/c1-39(2)64(40(3)4)74(71-33-15-32-58)73-52-49(35-70-57(43-16-11-9-12-17-43,44-24-28-46(66-6)29-25-44)45-26-30-47(67-7)31-27-45)72-56(53(52)68-8)63-38-61-51-54(59-37-60-55(51)63)62(34-42-22-20-41(5)21-23-42)50(65)36-69-48-18-13-10-14-19-48/h9-14,16-31,37-40,49,52-53,56H,15,33-36H2,1-8H3/t49-,52?,53+,56-,74?/m1/s1. The van der Waals surface area contributed by atoms with Crippen molar-refractivity contribution in [3.63, 3.8) is 0 Å². The van der Waals surface area contributed by atoms with Crippen LogP contribution in [-0.2, 0) is 40.2 Å². The minimum absolute atomic E-state index is 0.00394. The molecule has 7 aromatic rings. The zero-order chi connectivity index (χ0) is 52.2. The monoisotopic (exact) mass is 1020 g/mol. The van der Waals surface area contributed by atoms with Gasteiger partial charge in [0.1, 0.15) is 47.5 Å². The molecule has 0 radical (unpaired) electrons. The van der Waals surface area contributed by atoms with Gasteiger partial charge in [-0.15, -0.1) is 0 Å². The predicted octanol–water partition coefficient (Wildman–Crippen LogP) is 10.3. The number of hydrogen-bond donors (Lipinski definition) is 0. The highest BCUT2D eigenvalue weighted by atomic mass is 31.2. The molecule has 0 aliphatic carbocycles. The molecule has 1 amide bonds. The number of nitrogens with zero attached hydrogens (tertiary/aromatic N) is 7. The Balaban J connectivity index is 1.23. The normalized spacial score (nSPS) is 17.2. The molecule has 2 unspecified atom stereocenters. The van der Waals surface area contributed by atoms with Crippen molar-refractivity contribution in [2.24, 2.45) is 0 Å². The minimum atomic E-state index is -1.81. The largest absolute Gasteiger partial charge is 0.497 e. The second kappa shape index (κ2) is 25.0. The van der Waals surface area contributed by atoms with Crippen molar-refractivity contribution in [3.05, 3.63) is 174 Å². The summed E-state index contributed by atoms with van der Waals surface area (Å²) >= 11 is 0. The number of methoxy groups -OCH3 is 3. The summed E-state index contributed by atoms with van der Waals surface area (Å²) in [5.41, 5.74) is 4.06. The molecule has 5 aromatic carbocycles. The van der Waals surface area contributed by atoms with Crippen LogP contribution in [0.3, 0.4) is 0 Å². The van der Waals surface area contributed by atoms with Gasteiger partial charge in [-0.05, 0) is 93.3 Å². The molecule has 2 aromatic heterocycles. The molecule has 1 fully saturated rings. The number of benzene rings is 5. The summed E-state index contributed by atoms with van der Waals surface area (Å²) in [7, 11) is 3.07. The number of hydrogen-bond acceptors (Lipinski definition) is 14. The molecule has 17 heteroatoms. The van der Waals surface area contributed by atoms with E-state index in [-0.39, 0.29) is 50.8 Å². The highest BCUT2D eigenvalue weighted by molar-refractivity contribution is 7.44. The lowest BCUT2D eigenvalue weighted by molar-refractivity contribution is -0.120. The van der Waals surface area contributed by atoms with Gasteiger partial charge in [0.25, 0.3) is 14.4 Å². The van der Waals surface area contributed by atoms with Gasteiger partial charge >= 0.3 is 0 Å². The number of fused-ring (bicyclic) bond motifs is 1. The Bertz CT molecular complexity index is 2870. The van der Waals surface area contributed by atoms with E-state index in [1.54, 1.807) is 49.3 Å². The fourth-order valence-corrected chi connectivity index (χ4v) is 11.0.